The van der Waals surface area contributed by atoms with Crippen molar-refractivity contribution in [3.63, 3.8) is 0 Å². The first-order valence-corrected chi connectivity index (χ1v) is 13.6. The molecule has 10 nitrogen and oxygen atoms in total. The van der Waals surface area contributed by atoms with Crippen LogP contribution in [0, 0.1) is 5.82 Å². The van der Waals surface area contributed by atoms with Crippen LogP contribution in [0.15, 0.2) is 29.2 Å². The van der Waals surface area contributed by atoms with Crippen molar-refractivity contribution in [3.8, 4) is 0 Å². The van der Waals surface area contributed by atoms with Gasteiger partial charge < -0.3 is 20.9 Å². The Kier molecular flexibility index (Phi) is 7.90. The van der Waals surface area contributed by atoms with Gasteiger partial charge in [0.05, 0.1) is 4.90 Å². The van der Waals surface area contributed by atoms with E-state index in [4.69, 9.17) is 0 Å². The number of urea groups is 1. The van der Waals surface area contributed by atoms with E-state index < -0.39 is 33.8 Å². The number of halogens is 1. The van der Waals surface area contributed by atoms with E-state index in [0.29, 0.717) is 19.4 Å². The number of hydrogen-bond acceptors (Lipinski definition) is 5. The zero-order valence-electron chi connectivity index (χ0n) is 19.5. The Morgan fingerprint density at radius 2 is 1.69 bits per heavy atom. The fourth-order valence-electron chi connectivity index (χ4n) is 4.88. The summed E-state index contributed by atoms with van der Waals surface area (Å²) >= 11 is 0. The van der Waals surface area contributed by atoms with Crippen LogP contribution < -0.4 is 16.0 Å². The molecule has 0 aromatic heterocycles. The van der Waals surface area contributed by atoms with Gasteiger partial charge in [0, 0.05) is 32.2 Å². The Balaban J connectivity index is 1.54. The quantitative estimate of drug-likeness (QED) is 0.544. The minimum absolute atomic E-state index is 0.0652. The molecule has 0 spiro atoms. The smallest absolute Gasteiger partial charge is 0.317 e. The second kappa shape index (κ2) is 10.9. The maximum Gasteiger partial charge on any atom is 0.317 e. The number of piperazine rings is 1. The van der Waals surface area contributed by atoms with Gasteiger partial charge in [-0.1, -0.05) is 19.3 Å². The monoisotopic (exact) mass is 509 g/mol. The molecule has 3 aliphatic rings. The number of piperidine rings is 1. The predicted molar refractivity (Wildman–Crippen MR) is 125 cm³/mol. The van der Waals surface area contributed by atoms with E-state index in [-0.39, 0.29) is 42.5 Å². The number of nitrogens with zero attached hydrogens (tertiary/aromatic N) is 2. The maximum absolute atomic E-state index is 13.4. The highest BCUT2D eigenvalue weighted by Crippen LogP contribution is 2.23. The van der Waals surface area contributed by atoms with Crippen molar-refractivity contribution in [2.24, 2.45) is 0 Å². The summed E-state index contributed by atoms with van der Waals surface area (Å²) in [7, 11) is -4.16. The van der Waals surface area contributed by atoms with E-state index in [1.54, 1.807) is 0 Å². The molecule has 1 saturated carbocycles. The fraction of sp³-hybridized carbons (Fsp3) is 0.609. The van der Waals surface area contributed by atoms with Gasteiger partial charge in [0.15, 0.2) is 0 Å². The van der Waals surface area contributed by atoms with Crippen LogP contribution in [0.1, 0.15) is 44.9 Å². The normalized spacial score (nSPS) is 24.5. The van der Waals surface area contributed by atoms with Gasteiger partial charge in [-0.3, -0.25) is 9.59 Å². The average Bonchev–Trinajstić information content (AvgIpc) is 2.86. The van der Waals surface area contributed by atoms with Crippen molar-refractivity contribution >= 4 is 27.9 Å². The van der Waals surface area contributed by atoms with Crippen LogP contribution in [-0.4, -0.2) is 79.8 Å². The number of hydrogen-bond donors (Lipinski definition) is 3. The maximum atomic E-state index is 13.4. The van der Waals surface area contributed by atoms with E-state index in [1.807, 2.05) is 0 Å². The molecule has 12 heteroatoms. The van der Waals surface area contributed by atoms with Crippen molar-refractivity contribution < 1.29 is 27.2 Å². The van der Waals surface area contributed by atoms with Gasteiger partial charge in [-0.2, -0.15) is 4.31 Å². The Hall–Kier alpha value is -2.73. The molecule has 0 radical (unpaired) electrons. The summed E-state index contributed by atoms with van der Waals surface area (Å²) in [5.74, 6) is -1.54. The summed E-state index contributed by atoms with van der Waals surface area (Å²) in [6.07, 6.45) is 6.15. The second-order valence-corrected chi connectivity index (χ2v) is 11.2. The molecule has 0 bridgehead atoms. The van der Waals surface area contributed by atoms with Crippen LogP contribution in [0.2, 0.25) is 0 Å². The third kappa shape index (κ3) is 5.92. The summed E-state index contributed by atoms with van der Waals surface area (Å²) in [4.78, 5) is 39.7. The summed E-state index contributed by atoms with van der Waals surface area (Å²) in [5, 5.41) is 8.37. The number of rotatable bonds is 5. The van der Waals surface area contributed by atoms with Gasteiger partial charge in [0.25, 0.3) is 0 Å². The Bertz CT molecular complexity index is 1040. The first kappa shape index (κ1) is 25.4. The molecule has 35 heavy (non-hydrogen) atoms. The lowest BCUT2D eigenvalue weighted by Gasteiger charge is -2.40. The number of sulfonamides is 1. The molecule has 192 valence electrons. The molecule has 3 N–H and O–H groups in total. The summed E-state index contributed by atoms with van der Waals surface area (Å²) < 4.78 is 41.2. The van der Waals surface area contributed by atoms with Crippen LogP contribution in [0.3, 0.4) is 0 Å². The highest BCUT2D eigenvalue weighted by molar-refractivity contribution is 7.89. The third-order valence-corrected chi connectivity index (χ3v) is 8.80. The van der Waals surface area contributed by atoms with E-state index >= 15 is 0 Å². The first-order valence-electron chi connectivity index (χ1n) is 12.2. The number of nitrogens with one attached hydrogen (secondary N) is 3. The fourth-order valence-corrected chi connectivity index (χ4v) is 6.45. The molecule has 1 aromatic carbocycles. The molecule has 4 rings (SSSR count). The van der Waals surface area contributed by atoms with Gasteiger partial charge in [0.1, 0.15) is 17.9 Å². The Labute approximate surface area is 204 Å². The molecule has 3 fully saturated rings. The van der Waals surface area contributed by atoms with Crippen molar-refractivity contribution in [1.29, 1.82) is 0 Å². The van der Waals surface area contributed by atoms with Crippen molar-refractivity contribution in [2.45, 2.75) is 68.0 Å². The Morgan fingerprint density at radius 1 is 0.971 bits per heavy atom. The molecular weight excluding hydrogens is 477 g/mol. The summed E-state index contributed by atoms with van der Waals surface area (Å²) in [6, 6.07) is 2.13. The standard InChI is InChI=1S/C23H32FN5O5S/c24-16-8-10-18(11-9-16)35(33,34)29-14-13-28(23(32)26-17-5-2-1-3-6-17)15-20(29)22(31)27-19-7-4-12-25-21(19)30/h8-11,17,19-20H,1-7,12-15H2,(H,25,30)(H,26,32)(H,27,31)/t19-,20+/m0/s1. The zero-order chi connectivity index (χ0) is 25.0. The van der Waals surface area contributed by atoms with Crippen LogP contribution in [-0.2, 0) is 19.6 Å². The largest absolute Gasteiger partial charge is 0.354 e. The lowest BCUT2D eigenvalue weighted by molar-refractivity contribution is -0.132. The molecule has 2 aliphatic heterocycles. The highest BCUT2D eigenvalue weighted by atomic mass is 32.2. The molecule has 2 atom stereocenters. The molecule has 4 amide bonds. The lowest BCUT2D eigenvalue weighted by atomic mass is 9.96. The van der Waals surface area contributed by atoms with Crippen molar-refractivity contribution in [3.05, 3.63) is 30.1 Å². The van der Waals surface area contributed by atoms with E-state index in [9.17, 15) is 27.2 Å². The molecule has 1 aliphatic carbocycles. The van der Waals surface area contributed by atoms with Gasteiger partial charge in [-0.25, -0.2) is 17.6 Å². The van der Waals surface area contributed by atoms with Crippen LogP contribution in [0.4, 0.5) is 9.18 Å². The first-order chi connectivity index (χ1) is 16.8. The molecule has 0 unspecified atom stereocenters. The number of carbonyl (C=O) groups is 3. The molecule has 1 aromatic rings. The van der Waals surface area contributed by atoms with Crippen LogP contribution >= 0.6 is 0 Å². The van der Waals surface area contributed by atoms with Gasteiger partial charge in [-0.15, -0.1) is 0 Å². The highest BCUT2D eigenvalue weighted by Gasteiger charge is 2.42. The van der Waals surface area contributed by atoms with Gasteiger partial charge >= 0.3 is 6.03 Å². The van der Waals surface area contributed by atoms with Gasteiger partial charge in [-0.05, 0) is 49.9 Å². The number of carbonyl (C=O) groups excluding carboxylic acids is 3. The molecular formula is C23H32FN5O5S. The second-order valence-electron chi connectivity index (χ2n) is 9.31. The van der Waals surface area contributed by atoms with E-state index in [0.717, 1.165) is 60.7 Å². The minimum Gasteiger partial charge on any atom is -0.354 e. The Morgan fingerprint density at radius 3 is 2.37 bits per heavy atom. The van der Waals surface area contributed by atoms with Gasteiger partial charge in [0.2, 0.25) is 21.8 Å². The number of benzene rings is 1. The molecule has 2 heterocycles. The predicted octanol–water partition coefficient (Wildman–Crippen LogP) is 0.938. The summed E-state index contributed by atoms with van der Waals surface area (Å²) in [6.45, 7) is 0.368. The zero-order valence-corrected chi connectivity index (χ0v) is 20.4. The SMILES string of the molecule is O=C1NCCC[C@@H]1NC(=O)[C@H]1CN(C(=O)NC2CCCCC2)CCN1S(=O)(=O)c1ccc(F)cc1. The van der Waals surface area contributed by atoms with Crippen LogP contribution in [0.25, 0.3) is 0 Å². The summed E-state index contributed by atoms with van der Waals surface area (Å²) in [5.41, 5.74) is 0. The third-order valence-electron chi connectivity index (χ3n) is 6.88. The number of amides is 4. The van der Waals surface area contributed by atoms with Crippen LogP contribution in [0.5, 0.6) is 0 Å². The van der Waals surface area contributed by atoms with Crippen molar-refractivity contribution in [2.75, 3.05) is 26.2 Å². The topological polar surface area (TPSA) is 128 Å². The van der Waals surface area contributed by atoms with Crippen molar-refractivity contribution in [1.82, 2.24) is 25.2 Å². The molecule has 2 saturated heterocycles. The van der Waals surface area contributed by atoms with E-state index in [1.165, 1.54) is 4.90 Å². The lowest BCUT2D eigenvalue weighted by Crippen LogP contribution is -2.64. The average molecular weight is 510 g/mol. The van der Waals surface area contributed by atoms with E-state index in [2.05, 4.69) is 16.0 Å². The minimum atomic E-state index is -4.16.